The highest BCUT2D eigenvalue weighted by Gasteiger charge is 2.33. The number of thioether (sulfide) groups is 1. The molecule has 0 radical (unpaired) electrons. The summed E-state index contributed by atoms with van der Waals surface area (Å²) in [6.45, 7) is 1.89. The van der Waals surface area contributed by atoms with Gasteiger partial charge in [-0.3, -0.25) is 4.79 Å². The highest BCUT2D eigenvalue weighted by atomic mass is 32.2. The zero-order chi connectivity index (χ0) is 20.3. The molecule has 28 heavy (non-hydrogen) atoms. The number of nitrogens with zero attached hydrogens (tertiary/aromatic N) is 2. The van der Waals surface area contributed by atoms with E-state index in [9.17, 15) is 23.2 Å². The lowest BCUT2D eigenvalue weighted by atomic mass is 10.1. The summed E-state index contributed by atoms with van der Waals surface area (Å²) in [5, 5.41) is 12.8. The number of hydrogen-bond acceptors (Lipinski definition) is 4. The van der Waals surface area contributed by atoms with Gasteiger partial charge in [-0.05, 0) is 30.7 Å². The third-order valence-electron chi connectivity index (χ3n) is 3.98. The van der Waals surface area contributed by atoms with Crippen LogP contribution >= 0.6 is 11.8 Å². The van der Waals surface area contributed by atoms with E-state index in [0.29, 0.717) is 16.1 Å². The van der Waals surface area contributed by atoms with Gasteiger partial charge in [0, 0.05) is 5.39 Å². The van der Waals surface area contributed by atoms with Gasteiger partial charge in [0.2, 0.25) is 5.91 Å². The van der Waals surface area contributed by atoms with Gasteiger partial charge in [-0.15, -0.1) is 0 Å². The number of pyridine rings is 1. The Balaban J connectivity index is 1.79. The van der Waals surface area contributed by atoms with E-state index >= 15 is 0 Å². The topological polar surface area (TPSA) is 65.8 Å². The number of benzene rings is 2. The first-order valence-electron chi connectivity index (χ1n) is 8.19. The van der Waals surface area contributed by atoms with Gasteiger partial charge in [0.05, 0.1) is 28.1 Å². The predicted octanol–water partition coefficient (Wildman–Crippen LogP) is 5.16. The van der Waals surface area contributed by atoms with Crippen LogP contribution in [-0.2, 0) is 11.0 Å². The number of fused-ring (bicyclic) bond motifs is 1. The van der Waals surface area contributed by atoms with E-state index < -0.39 is 17.6 Å². The second-order valence-electron chi connectivity index (χ2n) is 5.98. The molecule has 0 bridgehead atoms. The molecule has 1 aromatic heterocycles. The van der Waals surface area contributed by atoms with Crippen LogP contribution in [-0.4, -0.2) is 16.6 Å². The fourth-order valence-corrected chi connectivity index (χ4v) is 3.44. The smallest absolute Gasteiger partial charge is 0.325 e. The molecule has 3 aromatic rings. The van der Waals surface area contributed by atoms with Crippen LogP contribution in [0.5, 0.6) is 0 Å². The van der Waals surface area contributed by atoms with Gasteiger partial charge in [0.1, 0.15) is 11.1 Å². The number of rotatable bonds is 4. The fourth-order valence-electron chi connectivity index (χ4n) is 2.68. The van der Waals surface area contributed by atoms with Crippen molar-refractivity contribution in [3.8, 4) is 6.07 Å². The summed E-state index contributed by atoms with van der Waals surface area (Å²) in [5.74, 6) is -0.789. The van der Waals surface area contributed by atoms with Crippen molar-refractivity contribution in [2.24, 2.45) is 0 Å². The average molecular weight is 401 g/mol. The molecule has 0 spiro atoms. The minimum Gasteiger partial charge on any atom is -0.325 e. The third kappa shape index (κ3) is 4.26. The Morgan fingerprint density at radius 2 is 1.96 bits per heavy atom. The molecule has 0 aliphatic carbocycles. The number of carbonyl (C=O) groups is 1. The quantitative estimate of drug-likeness (QED) is 0.613. The van der Waals surface area contributed by atoms with Crippen LogP contribution < -0.4 is 5.32 Å². The van der Waals surface area contributed by atoms with Gasteiger partial charge in [-0.2, -0.15) is 18.4 Å². The molecule has 1 amide bonds. The van der Waals surface area contributed by atoms with Crippen molar-refractivity contribution in [2.75, 3.05) is 11.1 Å². The summed E-state index contributed by atoms with van der Waals surface area (Å²) in [6.07, 6.45) is -4.57. The van der Waals surface area contributed by atoms with Crippen LogP contribution in [0.3, 0.4) is 0 Å². The van der Waals surface area contributed by atoms with Crippen molar-refractivity contribution in [1.82, 2.24) is 4.98 Å². The Morgan fingerprint density at radius 3 is 2.68 bits per heavy atom. The van der Waals surface area contributed by atoms with E-state index in [1.807, 2.05) is 31.2 Å². The van der Waals surface area contributed by atoms with E-state index in [1.165, 1.54) is 18.2 Å². The molecule has 0 aliphatic heterocycles. The summed E-state index contributed by atoms with van der Waals surface area (Å²) in [6, 6.07) is 14.1. The monoisotopic (exact) mass is 401 g/mol. The van der Waals surface area contributed by atoms with Crippen molar-refractivity contribution in [3.05, 3.63) is 65.2 Å². The Morgan fingerprint density at radius 1 is 1.21 bits per heavy atom. The van der Waals surface area contributed by atoms with E-state index in [2.05, 4.69) is 10.3 Å². The maximum atomic E-state index is 13.0. The van der Waals surface area contributed by atoms with Gasteiger partial charge < -0.3 is 5.32 Å². The molecular formula is C20H14F3N3OS. The lowest BCUT2D eigenvalue weighted by Crippen LogP contribution is -2.18. The molecule has 0 unspecified atom stereocenters. The van der Waals surface area contributed by atoms with Crippen LogP contribution in [0.1, 0.15) is 16.7 Å². The van der Waals surface area contributed by atoms with Gasteiger partial charge in [-0.25, -0.2) is 4.98 Å². The molecule has 0 fully saturated rings. The molecule has 8 heteroatoms. The maximum absolute atomic E-state index is 13.0. The minimum absolute atomic E-state index is 0.175. The average Bonchev–Trinajstić information content (AvgIpc) is 2.65. The number of halogens is 3. The normalized spacial score (nSPS) is 11.2. The Bertz CT molecular complexity index is 1090. The van der Waals surface area contributed by atoms with Crippen molar-refractivity contribution in [3.63, 3.8) is 0 Å². The highest BCUT2D eigenvalue weighted by Crippen LogP contribution is 2.34. The van der Waals surface area contributed by atoms with Crippen molar-refractivity contribution >= 4 is 34.3 Å². The van der Waals surface area contributed by atoms with Crippen LogP contribution in [0.15, 0.2) is 53.6 Å². The number of para-hydroxylation sites is 2. The number of carbonyl (C=O) groups excluding carboxylic acids is 1. The van der Waals surface area contributed by atoms with E-state index in [4.69, 9.17) is 0 Å². The first kappa shape index (κ1) is 19.7. The molecule has 2 aromatic carbocycles. The van der Waals surface area contributed by atoms with Gasteiger partial charge in [0.15, 0.2) is 0 Å². The lowest BCUT2D eigenvalue weighted by molar-refractivity contribution is -0.137. The SMILES string of the molecule is Cc1cccc2cc(C#N)c(SCC(=O)Nc3ccccc3C(F)(F)F)nc12. The minimum atomic E-state index is -4.57. The van der Waals surface area contributed by atoms with Gasteiger partial charge >= 0.3 is 6.18 Å². The predicted molar refractivity (Wildman–Crippen MR) is 102 cm³/mol. The number of aromatic nitrogens is 1. The number of nitrogens with one attached hydrogen (secondary N) is 1. The molecular weight excluding hydrogens is 387 g/mol. The Kier molecular flexibility index (Phi) is 5.56. The van der Waals surface area contributed by atoms with E-state index in [-0.39, 0.29) is 11.4 Å². The molecule has 0 saturated carbocycles. The number of hydrogen-bond donors (Lipinski definition) is 1. The second kappa shape index (κ2) is 7.90. The molecule has 1 heterocycles. The number of nitriles is 1. The molecule has 0 saturated heterocycles. The summed E-state index contributed by atoms with van der Waals surface area (Å²) in [4.78, 5) is 16.6. The number of aryl methyl sites for hydroxylation is 1. The van der Waals surface area contributed by atoms with Crippen LogP contribution in [0.25, 0.3) is 10.9 Å². The number of anilines is 1. The van der Waals surface area contributed by atoms with Crippen molar-refractivity contribution < 1.29 is 18.0 Å². The first-order valence-corrected chi connectivity index (χ1v) is 9.17. The van der Waals surface area contributed by atoms with Crippen LogP contribution in [0.4, 0.5) is 18.9 Å². The summed E-state index contributed by atoms with van der Waals surface area (Å²) in [5.41, 5.74) is 0.736. The van der Waals surface area contributed by atoms with Crippen molar-refractivity contribution in [1.29, 1.82) is 5.26 Å². The molecule has 0 aliphatic rings. The molecule has 1 N–H and O–H groups in total. The maximum Gasteiger partial charge on any atom is 0.418 e. The fraction of sp³-hybridized carbons (Fsp3) is 0.150. The molecule has 142 valence electrons. The van der Waals surface area contributed by atoms with E-state index in [0.717, 1.165) is 28.8 Å². The lowest BCUT2D eigenvalue weighted by Gasteiger charge is -2.13. The summed E-state index contributed by atoms with van der Waals surface area (Å²) >= 11 is 1.01. The van der Waals surface area contributed by atoms with E-state index in [1.54, 1.807) is 6.07 Å². The zero-order valence-electron chi connectivity index (χ0n) is 14.7. The highest BCUT2D eigenvalue weighted by molar-refractivity contribution is 8.00. The first-order chi connectivity index (χ1) is 13.3. The summed E-state index contributed by atoms with van der Waals surface area (Å²) in [7, 11) is 0. The molecule has 4 nitrogen and oxygen atoms in total. The Hall–Kier alpha value is -3.05. The Labute approximate surface area is 163 Å². The standard InChI is InChI=1S/C20H14F3N3OS/c1-12-5-4-6-13-9-14(10-24)19(26-18(12)13)28-11-17(27)25-16-8-3-2-7-15(16)20(21,22)23/h2-9H,11H2,1H3,(H,25,27). The second-order valence-corrected chi connectivity index (χ2v) is 6.94. The molecule has 3 rings (SSSR count). The summed E-state index contributed by atoms with van der Waals surface area (Å²) < 4.78 is 39.1. The van der Waals surface area contributed by atoms with Gasteiger partial charge in [0.25, 0.3) is 0 Å². The number of alkyl halides is 3. The van der Waals surface area contributed by atoms with Crippen molar-refractivity contribution in [2.45, 2.75) is 18.1 Å². The number of amides is 1. The molecule has 0 atom stereocenters. The van der Waals surface area contributed by atoms with Gasteiger partial charge in [-0.1, -0.05) is 42.1 Å². The zero-order valence-corrected chi connectivity index (χ0v) is 15.5. The third-order valence-corrected chi connectivity index (χ3v) is 4.97. The van der Waals surface area contributed by atoms with Crippen LogP contribution in [0, 0.1) is 18.3 Å². The van der Waals surface area contributed by atoms with Crippen LogP contribution in [0.2, 0.25) is 0 Å². The largest absolute Gasteiger partial charge is 0.418 e.